The number of halogens is 2. The number of anilines is 1. The predicted molar refractivity (Wildman–Crippen MR) is 99.1 cm³/mol. The Labute approximate surface area is 162 Å². The monoisotopic (exact) mass is 408 g/mol. The largest absolute Gasteiger partial charge is 0.472 e. The lowest BCUT2D eigenvalue weighted by Gasteiger charge is -2.26. The molecule has 1 aromatic carbocycles. The molecule has 3 N–H and O–H groups in total. The van der Waals surface area contributed by atoms with E-state index >= 15 is 0 Å². The van der Waals surface area contributed by atoms with E-state index in [9.17, 15) is 19.1 Å². The van der Waals surface area contributed by atoms with Crippen molar-refractivity contribution >= 4 is 40.4 Å². The summed E-state index contributed by atoms with van der Waals surface area (Å²) in [6.45, 7) is -0.247. The van der Waals surface area contributed by atoms with Gasteiger partial charge in [0.05, 0.1) is 24.1 Å². The van der Waals surface area contributed by atoms with Crippen LogP contribution in [0, 0.1) is 5.82 Å². The Bertz CT molecular complexity index is 910. The molecule has 3 rings (SSSR count). The Hall–Kier alpha value is -2.68. The molecule has 6 nitrogen and oxygen atoms in total. The predicted octanol–water partition coefficient (Wildman–Crippen LogP) is 3.12. The van der Waals surface area contributed by atoms with Crippen LogP contribution in [0.3, 0.4) is 0 Å². The standard InChI is InChI=1S/C18H14ClFN2O4S/c19-13-8-12(3-4-14(13)20)22-17(24)16(23)21-10-18(25,11-5-6-26-9-11)15-2-1-7-27-15/h1-9,25H,10H2,(H,21,23)(H,22,24). The first-order valence-corrected chi connectivity index (χ1v) is 8.99. The van der Waals surface area contributed by atoms with Gasteiger partial charge in [0.25, 0.3) is 0 Å². The smallest absolute Gasteiger partial charge is 0.313 e. The second-order valence-corrected chi connectivity index (χ2v) is 6.97. The lowest BCUT2D eigenvalue weighted by Crippen LogP contribution is -2.44. The molecule has 1 atom stereocenters. The van der Waals surface area contributed by atoms with Crippen LogP contribution in [0.1, 0.15) is 10.4 Å². The molecule has 0 fully saturated rings. The quantitative estimate of drug-likeness (QED) is 0.566. The van der Waals surface area contributed by atoms with Crippen LogP contribution < -0.4 is 10.6 Å². The zero-order valence-electron chi connectivity index (χ0n) is 13.7. The molecule has 0 saturated heterocycles. The van der Waals surface area contributed by atoms with Crippen LogP contribution in [0.4, 0.5) is 10.1 Å². The molecule has 0 spiro atoms. The van der Waals surface area contributed by atoms with Crippen LogP contribution in [-0.2, 0) is 15.2 Å². The zero-order chi connectivity index (χ0) is 19.4. The van der Waals surface area contributed by atoms with Gasteiger partial charge in [0, 0.05) is 16.1 Å². The van der Waals surface area contributed by atoms with Gasteiger partial charge in [-0.1, -0.05) is 17.7 Å². The minimum atomic E-state index is -1.55. The number of rotatable bonds is 5. The van der Waals surface area contributed by atoms with Gasteiger partial charge in [-0.25, -0.2) is 4.39 Å². The average Bonchev–Trinajstić information content (AvgIpc) is 3.36. The van der Waals surface area contributed by atoms with Gasteiger partial charge >= 0.3 is 11.8 Å². The fourth-order valence-electron chi connectivity index (χ4n) is 2.40. The molecule has 9 heteroatoms. The first-order chi connectivity index (χ1) is 12.9. The van der Waals surface area contributed by atoms with E-state index in [0.717, 1.165) is 6.07 Å². The summed E-state index contributed by atoms with van der Waals surface area (Å²) < 4.78 is 18.2. The third-order valence-corrected chi connectivity index (χ3v) is 5.13. The first kappa shape index (κ1) is 19.1. The number of carbonyl (C=O) groups is 2. The molecule has 0 saturated carbocycles. The third-order valence-electron chi connectivity index (χ3n) is 3.82. The van der Waals surface area contributed by atoms with Crippen LogP contribution >= 0.6 is 22.9 Å². The molecule has 0 aliphatic heterocycles. The van der Waals surface area contributed by atoms with Gasteiger partial charge in [0.15, 0.2) is 0 Å². The molecule has 2 heterocycles. The van der Waals surface area contributed by atoms with Gasteiger partial charge in [-0.05, 0) is 35.7 Å². The van der Waals surface area contributed by atoms with Crippen LogP contribution in [0.5, 0.6) is 0 Å². The lowest BCUT2D eigenvalue weighted by atomic mass is 9.94. The van der Waals surface area contributed by atoms with E-state index in [0.29, 0.717) is 10.4 Å². The molecule has 3 aromatic rings. The summed E-state index contributed by atoms with van der Waals surface area (Å²) in [6, 6.07) is 8.59. The molecular formula is C18H14ClFN2O4S. The van der Waals surface area contributed by atoms with Gasteiger partial charge < -0.3 is 20.2 Å². The Morgan fingerprint density at radius 2 is 2.07 bits per heavy atom. The van der Waals surface area contributed by atoms with E-state index in [1.54, 1.807) is 23.6 Å². The Morgan fingerprint density at radius 1 is 1.26 bits per heavy atom. The minimum absolute atomic E-state index is 0.171. The van der Waals surface area contributed by atoms with E-state index in [1.807, 2.05) is 0 Å². The molecule has 2 aromatic heterocycles. The van der Waals surface area contributed by atoms with E-state index in [4.69, 9.17) is 16.0 Å². The number of benzene rings is 1. The average molecular weight is 409 g/mol. The SMILES string of the molecule is O=C(NCC(O)(c1ccoc1)c1cccs1)C(=O)Nc1ccc(F)c(Cl)c1. The van der Waals surface area contributed by atoms with Crippen molar-refractivity contribution in [3.8, 4) is 0 Å². The number of aliphatic hydroxyl groups is 1. The van der Waals surface area contributed by atoms with Crippen LogP contribution in [0.15, 0.2) is 58.7 Å². The molecule has 0 bridgehead atoms. The van der Waals surface area contributed by atoms with Crippen molar-refractivity contribution < 1.29 is 23.5 Å². The Kier molecular flexibility index (Phi) is 5.59. The van der Waals surface area contributed by atoms with Gasteiger partial charge in [-0.15, -0.1) is 11.3 Å². The maximum atomic E-state index is 13.2. The Morgan fingerprint density at radius 3 is 2.70 bits per heavy atom. The molecule has 140 valence electrons. The van der Waals surface area contributed by atoms with E-state index in [2.05, 4.69) is 10.6 Å². The fourth-order valence-corrected chi connectivity index (χ4v) is 3.42. The van der Waals surface area contributed by atoms with Gasteiger partial charge in [-0.3, -0.25) is 9.59 Å². The normalized spacial score (nSPS) is 13.0. The highest BCUT2D eigenvalue weighted by atomic mass is 35.5. The maximum absolute atomic E-state index is 13.2. The summed E-state index contributed by atoms with van der Waals surface area (Å²) in [7, 11) is 0. The van der Waals surface area contributed by atoms with Crippen molar-refractivity contribution in [1.82, 2.24) is 5.32 Å². The first-order valence-electron chi connectivity index (χ1n) is 7.73. The third kappa shape index (κ3) is 4.19. The number of nitrogens with one attached hydrogen (secondary N) is 2. The highest BCUT2D eigenvalue weighted by molar-refractivity contribution is 7.10. The van der Waals surface area contributed by atoms with Crippen molar-refractivity contribution in [2.75, 3.05) is 11.9 Å². The molecule has 0 aliphatic rings. The molecule has 0 radical (unpaired) electrons. The maximum Gasteiger partial charge on any atom is 0.313 e. The molecule has 0 aliphatic carbocycles. The number of carbonyl (C=O) groups excluding carboxylic acids is 2. The van der Waals surface area contributed by atoms with Gasteiger partial charge in [0.1, 0.15) is 11.4 Å². The van der Waals surface area contributed by atoms with Crippen LogP contribution in [-0.4, -0.2) is 23.5 Å². The van der Waals surface area contributed by atoms with Crippen molar-refractivity contribution in [2.24, 2.45) is 0 Å². The highest BCUT2D eigenvalue weighted by Gasteiger charge is 2.35. The summed E-state index contributed by atoms with van der Waals surface area (Å²) >= 11 is 6.94. The van der Waals surface area contributed by atoms with E-state index in [-0.39, 0.29) is 17.3 Å². The van der Waals surface area contributed by atoms with Crippen molar-refractivity contribution in [2.45, 2.75) is 5.60 Å². The molecule has 27 heavy (non-hydrogen) atoms. The number of thiophene rings is 1. The van der Waals surface area contributed by atoms with Crippen LogP contribution in [0.2, 0.25) is 5.02 Å². The second kappa shape index (κ2) is 7.91. The topological polar surface area (TPSA) is 91.6 Å². The number of amides is 2. The van der Waals surface area contributed by atoms with Crippen LogP contribution in [0.25, 0.3) is 0 Å². The van der Waals surface area contributed by atoms with Crippen molar-refractivity contribution in [1.29, 1.82) is 0 Å². The van der Waals surface area contributed by atoms with E-state index in [1.165, 1.54) is 36.0 Å². The second-order valence-electron chi connectivity index (χ2n) is 5.62. The summed E-state index contributed by atoms with van der Waals surface area (Å²) in [4.78, 5) is 24.7. The number of furan rings is 1. The summed E-state index contributed by atoms with van der Waals surface area (Å²) in [6.07, 6.45) is 2.77. The Balaban J connectivity index is 1.69. The summed E-state index contributed by atoms with van der Waals surface area (Å²) in [5, 5.41) is 17.4. The van der Waals surface area contributed by atoms with Crippen molar-refractivity contribution in [3.05, 3.63) is 75.6 Å². The molecule has 1 unspecified atom stereocenters. The number of hydrogen-bond acceptors (Lipinski definition) is 5. The number of hydrogen-bond donors (Lipinski definition) is 3. The minimum Gasteiger partial charge on any atom is -0.472 e. The molecular weight excluding hydrogens is 395 g/mol. The highest BCUT2D eigenvalue weighted by Crippen LogP contribution is 2.32. The summed E-state index contributed by atoms with van der Waals surface area (Å²) in [5.74, 6) is -2.58. The van der Waals surface area contributed by atoms with Gasteiger partial charge in [0.2, 0.25) is 0 Å². The zero-order valence-corrected chi connectivity index (χ0v) is 15.3. The van der Waals surface area contributed by atoms with Crippen molar-refractivity contribution in [3.63, 3.8) is 0 Å². The summed E-state index contributed by atoms with van der Waals surface area (Å²) in [5.41, 5.74) is -0.933. The van der Waals surface area contributed by atoms with E-state index < -0.39 is 23.2 Å². The fraction of sp³-hybridized carbons (Fsp3) is 0.111. The molecule has 2 amide bonds. The van der Waals surface area contributed by atoms with Gasteiger partial charge in [-0.2, -0.15) is 0 Å². The lowest BCUT2D eigenvalue weighted by molar-refractivity contribution is -0.136.